The zero-order valence-corrected chi connectivity index (χ0v) is 18.5. The lowest BCUT2D eigenvalue weighted by molar-refractivity contribution is -0.384. The first-order chi connectivity index (χ1) is 16.9. The summed E-state index contributed by atoms with van der Waals surface area (Å²) in [5, 5.41) is 11.4. The summed E-state index contributed by atoms with van der Waals surface area (Å²) in [6.07, 6.45) is 5.14. The summed E-state index contributed by atoms with van der Waals surface area (Å²) in [7, 11) is 0. The summed E-state index contributed by atoms with van der Waals surface area (Å²) in [5.41, 5.74) is 2.14. The Morgan fingerprint density at radius 1 is 1.00 bits per heavy atom. The van der Waals surface area contributed by atoms with Crippen LogP contribution < -0.4 is 9.80 Å². The molecule has 9 nitrogen and oxygen atoms in total. The van der Waals surface area contributed by atoms with E-state index in [1.165, 1.54) is 24.5 Å². The number of para-hydroxylation sites is 1. The van der Waals surface area contributed by atoms with Crippen molar-refractivity contribution in [3.05, 3.63) is 93.9 Å². The number of ketones is 1. The number of hydrogen-bond acceptors (Lipinski definition) is 7. The molecule has 0 aliphatic carbocycles. The van der Waals surface area contributed by atoms with Crippen LogP contribution in [0.4, 0.5) is 17.1 Å². The Balaban J connectivity index is 1.50. The molecule has 2 amide bonds. The number of benzene rings is 2. The maximum Gasteiger partial charge on any atom is 0.271 e. The molecular formula is C26H19N3O6. The lowest BCUT2D eigenvalue weighted by Gasteiger charge is -2.36. The van der Waals surface area contributed by atoms with E-state index in [2.05, 4.69) is 0 Å². The molecular weight excluding hydrogens is 450 g/mol. The molecule has 0 N–H and O–H groups in total. The maximum absolute atomic E-state index is 13.9. The zero-order valence-electron chi connectivity index (χ0n) is 18.5. The third kappa shape index (κ3) is 2.91. The zero-order chi connectivity index (χ0) is 24.4. The van der Waals surface area contributed by atoms with Crippen LogP contribution in [0.5, 0.6) is 0 Å². The lowest BCUT2D eigenvalue weighted by atomic mass is 9.87. The van der Waals surface area contributed by atoms with E-state index < -0.39 is 46.4 Å². The molecule has 35 heavy (non-hydrogen) atoms. The van der Waals surface area contributed by atoms with E-state index >= 15 is 0 Å². The van der Waals surface area contributed by atoms with Crippen molar-refractivity contribution >= 4 is 40.7 Å². The fourth-order valence-electron chi connectivity index (χ4n) is 5.57. The van der Waals surface area contributed by atoms with Gasteiger partial charge in [-0.05, 0) is 36.2 Å². The second-order valence-corrected chi connectivity index (χ2v) is 8.89. The Bertz CT molecular complexity index is 1440. The van der Waals surface area contributed by atoms with Gasteiger partial charge in [0.2, 0.25) is 17.6 Å². The molecule has 0 unspecified atom stereocenters. The maximum atomic E-state index is 13.9. The molecule has 3 aliphatic heterocycles. The highest BCUT2D eigenvalue weighted by Crippen LogP contribution is 2.50. The normalized spacial score (nSPS) is 24.4. The van der Waals surface area contributed by atoms with Crippen LogP contribution in [0.25, 0.3) is 6.08 Å². The number of nitro groups is 1. The summed E-state index contributed by atoms with van der Waals surface area (Å²) in [5.74, 6) is -3.11. The number of carbonyl (C=O) groups excluding carboxylic acids is 3. The number of anilines is 2. The van der Waals surface area contributed by atoms with Gasteiger partial charge in [-0.15, -0.1) is 0 Å². The molecule has 1 aromatic heterocycles. The molecule has 0 bridgehead atoms. The second-order valence-electron chi connectivity index (χ2n) is 8.89. The molecule has 3 aliphatic rings. The highest BCUT2D eigenvalue weighted by atomic mass is 16.6. The Hall–Kier alpha value is -4.53. The lowest BCUT2D eigenvalue weighted by Crippen LogP contribution is -2.48. The van der Waals surface area contributed by atoms with Crippen molar-refractivity contribution in [1.82, 2.24) is 0 Å². The van der Waals surface area contributed by atoms with Gasteiger partial charge < -0.3 is 9.32 Å². The number of nitro benzene ring substituents is 1. The van der Waals surface area contributed by atoms with E-state index in [0.29, 0.717) is 5.56 Å². The van der Waals surface area contributed by atoms with Crippen LogP contribution in [0.1, 0.15) is 21.7 Å². The second kappa shape index (κ2) is 7.49. The first-order valence-electron chi connectivity index (χ1n) is 11.1. The third-order valence-electron chi connectivity index (χ3n) is 7.09. The van der Waals surface area contributed by atoms with Gasteiger partial charge in [-0.25, -0.2) is 4.90 Å². The van der Waals surface area contributed by atoms with Crippen LogP contribution in [-0.4, -0.2) is 34.6 Å². The monoisotopic (exact) mass is 469 g/mol. The fourth-order valence-corrected chi connectivity index (χ4v) is 5.57. The van der Waals surface area contributed by atoms with Crippen LogP contribution in [0.2, 0.25) is 0 Å². The molecule has 174 valence electrons. The number of fused-ring (bicyclic) bond motifs is 5. The van der Waals surface area contributed by atoms with Crippen molar-refractivity contribution in [2.75, 3.05) is 9.80 Å². The summed E-state index contributed by atoms with van der Waals surface area (Å²) >= 11 is 0. The number of hydrogen-bond donors (Lipinski definition) is 0. The molecule has 2 aromatic carbocycles. The van der Waals surface area contributed by atoms with Gasteiger partial charge in [0.05, 0.1) is 34.8 Å². The molecule has 2 saturated heterocycles. The van der Waals surface area contributed by atoms with E-state index in [1.807, 2.05) is 41.3 Å². The highest BCUT2D eigenvalue weighted by molar-refractivity contribution is 6.25. The molecule has 2 fully saturated rings. The topological polar surface area (TPSA) is 114 Å². The predicted octanol–water partition coefficient (Wildman–Crippen LogP) is 3.77. The average molecular weight is 469 g/mol. The standard InChI is InChI=1S/C26H19N3O6/c1-14-8-10-16(29(33)34)13-19(14)28-25(31)21-18-11-9-15-5-2-3-6-17(15)27(18)23(22(21)26(28)32)24(30)20-7-4-12-35-20/h2-13,18,21-23H,1H3/t18-,21+,22+,23-/m1/s1. The summed E-state index contributed by atoms with van der Waals surface area (Å²) in [6, 6.07) is 13.2. The minimum atomic E-state index is -0.973. The minimum Gasteiger partial charge on any atom is -0.461 e. The van der Waals surface area contributed by atoms with Crippen molar-refractivity contribution in [1.29, 1.82) is 0 Å². The predicted molar refractivity (Wildman–Crippen MR) is 126 cm³/mol. The number of carbonyl (C=O) groups is 3. The van der Waals surface area contributed by atoms with Gasteiger partial charge in [-0.3, -0.25) is 24.5 Å². The fraction of sp³-hybridized carbons (Fsp3) is 0.192. The summed E-state index contributed by atoms with van der Waals surface area (Å²) in [4.78, 5) is 55.0. The Morgan fingerprint density at radius 2 is 1.77 bits per heavy atom. The van der Waals surface area contributed by atoms with Crippen molar-refractivity contribution in [2.45, 2.75) is 19.0 Å². The Labute approximate surface area is 199 Å². The van der Waals surface area contributed by atoms with Crippen molar-refractivity contribution in [3.8, 4) is 0 Å². The minimum absolute atomic E-state index is 0.103. The first kappa shape index (κ1) is 21.0. The summed E-state index contributed by atoms with van der Waals surface area (Å²) < 4.78 is 5.38. The van der Waals surface area contributed by atoms with Crippen LogP contribution >= 0.6 is 0 Å². The van der Waals surface area contributed by atoms with Crippen LogP contribution in [-0.2, 0) is 9.59 Å². The van der Waals surface area contributed by atoms with Crippen LogP contribution in [0.3, 0.4) is 0 Å². The number of Topliss-reactive ketones (excluding diaryl/α,β-unsaturated/α-hetero) is 1. The summed E-state index contributed by atoms with van der Waals surface area (Å²) in [6.45, 7) is 1.68. The van der Waals surface area contributed by atoms with E-state index in [1.54, 1.807) is 19.1 Å². The number of non-ortho nitro benzene ring substituents is 1. The number of nitrogens with zero attached hydrogens (tertiary/aromatic N) is 3. The van der Waals surface area contributed by atoms with E-state index in [4.69, 9.17) is 4.42 Å². The van der Waals surface area contributed by atoms with Crippen molar-refractivity contribution in [3.63, 3.8) is 0 Å². The smallest absolute Gasteiger partial charge is 0.271 e. The highest BCUT2D eigenvalue weighted by Gasteiger charge is 2.64. The molecule has 0 radical (unpaired) electrons. The molecule has 9 heteroatoms. The van der Waals surface area contributed by atoms with E-state index in [0.717, 1.165) is 16.2 Å². The Kier molecular flexibility index (Phi) is 4.50. The molecule has 4 heterocycles. The number of imide groups is 1. The SMILES string of the molecule is Cc1ccc([N+](=O)[O-])cc1N1C(=O)[C@@H]2[C@H](C1=O)[C@H](C(=O)c1ccco1)N1c3ccccc3C=C[C@H]21. The number of furan rings is 1. The van der Waals surface area contributed by atoms with E-state index in [9.17, 15) is 24.5 Å². The van der Waals surface area contributed by atoms with Crippen LogP contribution in [0, 0.1) is 28.9 Å². The number of rotatable bonds is 4. The third-order valence-corrected chi connectivity index (χ3v) is 7.09. The molecule has 0 spiro atoms. The number of amides is 2. The van der Waals surface area contributed by atoms with Gasteiger partial charge >= 0.3 is 0 Å². The van der Waals surface area contributed by atoms with Crippen LogP contribution in [0.15, 0.2) is 71.4 Å². The van der Waals surface area contributed by atoms with Gasteiger partial charge in [0.1, 0.15) is 6.04 Å². The number of aryl methyl sites for hydroxylation is 1. The van der Waals surface area contributed by atoms with Gasteiger partial charge in [0, 0.05) is 17.8 Å². The van der Waals surface area contributed by atoms with Gasteiger partial charge in [0.25, 0.3) is 5.69 Å². The molecule has 3 aromatic rings. The van der Waals surface area contributed by atoms with E-state index in [-0.39, 0.29) is 17.1 Å². The Morgan fingerprint density at radius 3 is 2.51 bits per heavy atom. The molecule has 6 rings (SSSR count). The van der Waals surface area contributed by atoms with Gasteiger partial charge in [-0.1, -0.05) is 36.4 Å². The van der Waals surface area contributed by atoms with Gasteiger partial charge in [0.15, 0.2) is 5.76 Å². The molecule has 4 atom stereocenters. The largest absolute Gasteiger partial charge is 0.461 e. The molecule has 0 saturated carbocycles. The quantitative estimate of drug-likeness (QED) is 0.247. The average Bonchev–Trinajstić information content (AvgIpc) is 3.56. The van der Waals surface area contributed by atoms with Gasteiger partial charge in [-0.2, -0.15) is 0 Å². The van der Waals surface area contributed by atoms with Crippen molar-refractivity contribution in [2.24, 2.45) is 11.8 Å². The van der Waals surface area contributed by atoms with Crippen molar-refractivity contribution < 1.29 is 23.7 Å². The first-order valence-corrected chi connectivity index (χ1v) is 11.1.